The molecule has 0 heterocycles. The summed E-state index contributed by atoms with van der Waals surface area (Å²) in [6.45, 7) is 15.6. The van der Waals surface area contributed by atoms with Crippen molar-refractivity contribution >= 4 is 43.6 Å². The summed E-state index contributed by atoms with van der Waals surface area (Å²) in [5.41, 5.74) is 7.12. The Balaban J connectivity index is 0.000000151. The Labute approximate surface area is 590 Å². The minimum atomic E-state index is -0.0497. The molecule has 488 valence electrons. The molecule has 0 spiro atoms. The van der Waals surface area contributed by atoms with Crippen LogP contribution in [0.5, 0.6) is 0 Å². The maximum atomic E-state index is 2.34. The van der Waals surface area contributed by atoms with E-state index in [9.17, 15) is 0 Å². The molecule has 0 unspecified atom stereocenters. The number of hydrogen-bond acceptors (Lipinski definition) is 0. The molecule has 4 heteroatoms. The van der Waals surface area contributed by atoms with Gasteiger partial charge in [-0.2, -0.15) is 0 Å². The Kier molecular flexibility index (Phi) is 29.6. The SMILES string of the molecule is CC(C)(C)c1ccc([S+](c2ccccc2)c2ccccc2)cc1.CCCCCCCCc1ccc([S+](c2ccccc2)c2ccccc2)cc1.CCCCCCc1ccc([S+](c2ccccc2)c2ccccc2)cc1.Cc1ccc([S+](c2ccccc2)c2ccc(C)cc2)cc1. The van der Waals surface area contributed by atoms with Crippen LogP contribution >= 0.6 is 0 Å². The van der Waals surface area contributed by atoms with Gasteiger partial charge in [0.25, 0.3) is 0 Å². The summed E-state index contributed by atoms with van der Waals surface area (Å²) in [5.74, 6) is 0. The molecule has 0 aliphatic carbocycles. The van der Waals surface area contributed by atoms with E-state index in [2.05, 4.69) is 382 Å². The van der Waals surface area contributed by atoms with Crippen molar-refractivity contribution in [3.63, 3.8) is 0 Å². The van der Waals surface area contributed by atoms with Crippen LogP contribution < -0.4 is 0 Å². The Morgan fingerprint density at radius 1 is 0.208 bits per heavy atom. The molecule has 12 aromatic carbocycles. The highest BCUT2D eigenvalue weighted by molar-refractivity contribution is 7.98. The highest BCUT2D eigenvalue weighted by atomic mass is 32.2. The third kappa shape index (κ3) is 22.6. The molecule has 12 aromatic rings. The average Bonchev–Trinajstić information content (AvgIpc) is 0.855. The second kappa shape index (κ2) is 39.3. The first-order valence-electron chi connectivity index (χ1n) is 34.8. The second-order valence-electron chi connectivity index (χ2n) is 25.4. The van der Waals surface area contributed by atoms with Crippen LogP contribution in [-0.2, 0) is 61.8 Å². The van der Waals surface area contributed by atoms with Crippen LogP contribution in [0, 0.1) is 13.8 Å². The highest BCUT2D eigenvalue weighted by Gasteiger charge is 2.32. The monoisotopic (exact) mass is 1330 g/mol. The van der Waals surface area contributed by atoms with Gasteiger partial charge in [-0.25, -0.2) is 0 Å². The van der Waals surface area contributed by atoms with Gasteiger partial charge in [0.2, 0.25) is 0 Å². The number of aryl methyl sites for hydroxylation is 4. The van der Waals surface area contributed by atoms with Crippen molar-refractivity contribution in [1.82, 2.24) is 0 Å². The van der Waals surface area contributed by atoms with Gasteiger partial charge in [-0.3, -0.25) is 0 Å². The fourth-order valence-electron chi connectivity index (χ4n) is 11.4. The molecule has 0 bridgehead atoms. The number of hydrogen-bond donors (Lipinski definition) is 0. The van der Waals surface area contributed by atoms with Crippen molar-refractivity contribution in [1.29, 1.82) is 0 Å². The molecule has 0 aliphatic heterocycles. The van der Waals surface area contributed by atoms with Crippen molar-refractivity contribution < 1.29 is 0 Å². The van der Waals surface area contributed by atoms with Gasteiger partial charge in [-0.15, -0.1) is 0 Å². The van der Waals surface area contributed by atoms with E-state index in [1.165, 1.54) is 164 Å². The summed E-state index contributed by atoms with van der Waals surface area (Å²) in [6.07, 6.45) is 15.9. The van der Waals surface area contributed by atoms with Gasteiger partial charge in [0.1, 0.15) is 0 Å². The molecule has 0 aromatic heterocycles. The second-order valence-corrected chi connectivity index (χ2v) is 33.5. The third-order valence-electron chi connectivity index (χ3n) is 16.8. The van der Waals surface area contributed by atoms with Crippen LogP contribution in [0.2, 0.25) is 0 Å². The van der Waals surface area contributed by atoms with Crippen LogP contribution in [0.4, 0.5) is 0 Å². The van der Waals surface area contributed by atoms with Crippen molar-refractivity contribution in [2.45, 2.75) is 190 Å². The van der Waals surface area contributed by atoms with E-state index in [0.717, 1.165) is 0 Å². The molecule has 96 heavy (non-hydrogen) atoms. The standard InChI is InChI=1S/C26H31S.C24H27S.C22H23S.C20H19S/c1-2-3-4-5-6-9-14-23-19-21-26(22-20-23)27(24-15-10-7-11-16-24)25-17-12-8-13-18-25;1-2-3-4-7-12-21-17-19-24(20-18-21)25(22-13-8-5-9-14-22)23-15-10-6-11-16-23;1-22(2,3)18-14-16-21(17-15-18)23(19-10-6-4-7-11-19)20-12-8-5-9-13-20;1-16-8-12-19(13-9-16)21(18-6-4-3-5-7-18)20-14-10-17(2)11-15-20/h7-8,10-13,15-22H,2-6,9,14H2,1H3;5-6,8-11,13-20H,2-4,7,12H2,1H3;4-17H,1-3H3;3-15H,1-2H3/q4*+1. The summed E-state index contributed by atoms with van der Waals surface area (Å²) in [5, 5.41) is 0. The van der Waals surface area contributed by atoms with E-state index < -0.39 is 0 Å². The minimum Gasteiger partial charge on any atom is -0.0654 e. The Bertz CT molecular complexity index is 3840. The fourth-order valence-corrected chi connectivity index (χ4v) is 19.7. The van der Waals surface area contributed by atoms with E-state index in [0.29, 0.717) is 0 Å². The Hall–Kier alpha value is -7.96. The largest absolute Gasteiger partial charge is 0.166 e. The lowest BCUT2D eigenvalue weighted by Gasteiger charge is -2.19. The van der Waals surface area contributed by atoms with Gasteiger partial charge in [0.05, 0.1) is 43.6 Å². The van der Waals surface area contributed by atoms with E-state index in [1.807, 2.05) is 0 Å². The van der Waals surface area contributed by atoms with E-state index in [-0.39, 0.29) is 49.0 Å². The smallest absolute Gasteiger partial charge is 0.0654 e. The molecule has 0 radical (unpaired) electrons. The predicted molar refractivity (Wildman–Crippen MR) is 419 cm³/mol. The molecule has 0 saturated carbocycles. The molecule has 0 nitrogen and oxygen atoms in total. The Morgan fingerprint density at radius 2 is 0.396 bits per heavy atom. The molecular weight excluding hydrogens is 1230 g/mol. The number of rotatable bonds is 24. The van der Waals surface area contributed by atoms with E-state index in [4.69, 9.17) is 0 Å². The molecule has 0 fully saturated rings. The van der Waals surface area contributed by atoms with Gasteiger partial charge < -0.3 is 0 Å². The maximum absolute atomic E-state index is 2.34. The van der Waals surface area contributed by atoms with Crippen LogP contribution in [-0.4, -0.2) is 0 Å². The van der Waals surface area contributed by atoms with Gasteiger partial charge in [-0.05, 0) is 207 Å². The molecule has 0 saturated heterocycles. The van der Waals surface area contributed by atoms with Crippen molar-refractivity contribution in [3.8, 4) is 0 Å². The van der Waals surface area contributed by atoms with Crippen LogP contribution in [0.25, 0.3) is 0 Å². The van der Waals surface area contributed by atoms with Crippen LogP contribution in [0.1, 0.15) is 127 Å². The minimum absolute atomic E-state index is 0.0312. The van der Waals surface area contributed by atoms with Crippen LogP contribution in [0.15, 0.2) is 392 Å². The fraction of sp³-hybridized carbons (Fsp3) is 0.217. The number of unbranched alkanes of at least 4 members (excludes halogenated alkanes) is 8. The first-order valence-corrected chi connectivity index (χ1v) is 39.7. The van der Waals surface area contributed by atoms with Gasteiger partial charge in [-0.1, -0.05) is 285 Å². The molecular formula is C92H100S4+4. The zero-order valence-electron chi connectivity index (χ0n) is 57.9. The molecule has 0 aliphatic rings. The highest BCUT2D eigenvalue weighted by Crippen LogP contribution is 2.36. The van der Waals surface area contributed by atoms with Gasteiger partial charge >= 0.3 is 0 Å². The van der Waals surface area contributed by atoms with E-state index >= 15 is 0 Å². The summed E-state index contributed by atoms with van der Waals surface area (Å²) >= 11 is 0. The lowest BCUT2D eigenvalue weighted by atomic mass is 9.87. The molecule has 0 amide bonds. The molecule has 0 atom stereocenters. The summed E-state index contributed by atoms with van der Waals surface area (Å²) in [6, 6.07) is 122. The lowest BCUT2D eigenvalue weighted by Crippen LogP contribution is -2.11. The lowest BCUT2D eigenvalue weighted by molar-refractivity contribution is 0.589. The summed E-state index contributed by atoms with van der Waals surface area (Å²) < 4.78 is 0. The van der Waals surface area contributed by atoms with E-state index in [1.54, 1.807) is 0 Å². The van der Waals surface area contributed by atoms with Gasteiger partial charge in [0.15, 0.2) is 58.7 Å². The topological polar surface area (TPSA) is 0 Å². The zero-order valence-corrected chi connectivity index (χ0v) is 61.1. The molecule has 0 N–H and O–H groups in total. The average molecular weight is 1330 g/mol. The van der Waals surface area contributed by atoms with Gasteiger partial charge in [0, 0.05) is 0 Å². The van der Waals surface area contributed by atoms with Crippen molar-refractivity contribution in [3.05, 3.63) is 361 Å². The third-order valence-corrected chi connectivity index (χ3v) is 25.7. The van der Waals surface area contributed by atoms with Crippen molar-refractivity contribution in [2.75, 3.05) is 0 Å². The predicted octanol–water partition coefficient (Wildman–Crippen LogP) is 26.1. The summed E-state index contributed by atoms with van der Waals surface area (Å²) in [7, 11) is -0.147. The first kappa shape index (κ1) is 72.3. The quantitative estimate of drug-likeness (QED) is 0.0418. The number of benzene rings is 12. The van der Waals surface area contributed by atoms with Crippen molar-refractivity contribution in [2.24, 2.45) is 0 Å². The first-order chi connectivity index (χ1) is 47.1. The Morgan fingerprint density at radius 3 is 0.625 bits per heavy atom. The summed E-state index contributed by atoms with van der Waals surface area (Å²) in [4.78, 5) is 16.5. The van der Waals surface area contributed by atoms with Crippen LogP contribution in [0.3, 0.4) is 0 Å². The normalized spacial score (nSPS) is 11.1. The molecule has 12 rings (SSSR count). The maximum Gasteiger partial charge on any atom is 0.166 e. The zero-order chi connectivity index (χ0) is 67.0.